The van der Waals surface area contributed by atoms with Crippen molar-refractivity contribution in [1.82, 2.24) is 19.1 Å². The predicted molar refractivity (Wildman–Crippen MR) is 75.3 cm³/mol. The summed E-state index contributed by atoms with van der Waals surface area (Å²) in [5.74, 6) is 0. The highest BCUT2D eigenvalue weighted by Gasteiger charge is 2.14. The summed E-state index contributed by atoms with van der Waals surface area (Å²) in [6, 6.07) is 0. The first-order valence-electron chi connectivity index (χ1n) is 6.52. The van der Waals surface area contributed by atoms with E-state index < -0.39 is 19.5 Å². The van der Waals surface area contributed by atoms with Gasteiger partial charge in [-0.2, -0.15) is 0 Å². The van der Waals surface area contributed by atoms with Crippen molar-refractivity contribution < 1.29 is 14.0 Å². The van der Waals surface area contributed by atoms with Gasteiger partial charge in [0.25, 0.3) is 5.56 Å². The highest BCUT2D eigenvalue weighted by molar-refractivity contribution is 7.32. The first-order chi connectivity index (χ1) is 10.1. The molecule has 0 aliphatic heterocycles. The number of fused-ring (bicyclic) bond motifs is 1. The predicted octanol–water partition coefficient (Wildman–Crippen LogP) is 0.353. The Morgan fingerprint density at radius 1 is 1.38 bits per heavy atom. The van der Waals surface area contributed by atoms with E-state index in [-0.39, 0.29) is 13.2 Å². The van der Waals surface area contributed by atoms with Gasteiger partial charge in [-0.15, -0.1) is 9.42 Å². The Bertz CT molecular complexity index is 762. The van der Waals surface area contributed by atoms with Gasteiger partial charge in [0.1, 0.15) is 12.1 Å². The minimum atomic E-state index is -2.61. The summed E-state index contributed by atoms with van der Waals surface area (Å²) in [5.41, 5.74) is -0.168. The van der Waals surface area contributed by atoms with Crippen molar-refractivity contribution in [3.8, 4) is 0 Å². The van der Waals surface area contributed by atoms with Gasteiger partial charge in [-0.3, -0.25) is 13.9 Å². The highest BCUT2D eigenvalue weighted by atomic mass is 31.1. The van der Waals surface area contributed by atoms with Gasteiger partial charge in [0.05, 0.1) is 6.33 Å². The zero-order chi connectivity index (χ0) is 15.4. The normalized spacial score (nSPS) is 12.0. The van der Waals surface area contributed by atoms with Crippen LogP contribution in [0, 0.1) is 0 Å². The maximum absolute atomic E-state index is 12.3. The molecule has 2 N–H and O–H groups in total. The summed E-state index contributed by atoms with van der Waals surface area (Å²) in [5, 5.41) is 0. The van der Waals surface area contributed by atoms with Crippen molar-refractivity contribution in [2.75, 3.05) is 6.61 Å². The molecule has 114 valence electrons. The standard InChI is InChI=1S/C11H15N4O5P/c1-2-14-9-8(12-7-13-9)10(16)15(11(14)17)5-3-4-6-20-21(18)19/h7H,2-6H2,1H3,(H-,12,13,16,18,19)/p+1. The van der Waals surface area contributed by atoms with Crippen molar-refractivity contribution in [3.63, 3.8) is 0 Å². The zero-order valence-corrected chi connectivity index (χ0v) is 12.4. The lowest BCUT2D eigenvalue weighted by molar-refractivity contribution is 0.272. The minimum Gasteiger partial charge on any atom is -0.339 e. The lowest BCUT2D eigenvalue weighted by Crippen LogP contribution is -2.40. The van der Waals surface area contributed by atoms with Gasteiger partial charge in [-0.1, -0.05) is 0 Å². The van der Waals surface area contributed by atoms with Gasteiger partial charge in [0, 0.05) is 17.7 Å². The summed E-state index contributed by atoms with van der Waals surface area (Å²) < 4.78 is 17.4. The van der Waals surface area contributed by atoms with Crippen LogP contribution in [0.25, 0.3) is 11.2 Å². The van der Waals surface area contributed by atoms with E-state index in [2.05, 4.69) is 14.5 Å². The average molecular weight is 315 g/mol. The molecule has 0 aliphatic rings. The summed E-state index contributed by atoms with van der Waals surface area (Å²) in [6.07, 6.45) is 2.34. The number of unbranched alkanes of at least 4 members (excludes halogenated alkanes) is 1. The number of nitrogens with zero attached hydrogens (tertiary/aromatic N) is 3. The molecule has 10 heteroatoms. The molecule has 0 aliphatic carbocycles. The Kier molecular flexibility index (Phi) is 5.00. The number of aromatic amines is 1. The van der Waals surface area contributed by atoms with Crippen molar-refractivity contribution in [2.45, 2.75) is 32.9 Å². The molecule has 0 spiro atoms. The van der Waals surface area contributed by atoms with E-state index in [9.17, 15) is 14.2 Å². The number of nitrogens with one attached hydrogen (secondary N) is 1. The fourth-order valence-corrected chi connectivity index (χ4v) is 2.39. The quantitative estimate of drug-likeness (QED) is 0.562. The lowest BCUT2D eigenvalue weighted by atomic mass is 10.3. The Labute approximate surface area is 120 Å². The maximum atomic E-state index is 12.3. The van der Waals surface area contributed by atoms with Crippen LogP contribution in [0.5, 0.6) is 0 Å². The number of H-pyrrole nitrogens is 1. The van der Waals surface area contributed by atoms with Crippen LogP contribution in [0.4, 0.5) is 0 Å². The third kappa shape index (κ3) is 3.26. The molecule has 2 aromatic heterocycles. The molecule has 0 fully saturated rings. The fourth-order valence-electron chi connectivity index (χ4n) is 2.10. The number of hydrogen-bond acceptors (Lipinski definition) is 5. The van der Waals surface area contributed by atoms with Crippen molar-refractivity contribution in [2.24, 2.45) is 0 Å². The summed E-state index contributed by atoms with van der Waals surface area (Å²) in [6.45, 7) is 2.54. The number of aryl methyl sites for hydroxylation is 1. The molecule has 0 amide bonds. The number of hydrogen-bond donors (Lipinski definition) is 2. The zero-order valence-electron chi connectivity index (χ0n) is 11.5. The van der Waals surface area contributed by atoms with Crippen LogP contribution in [0.3, 0.4) is 0 Å². The van der Waals surface area contributed by atoms with Crippen LogP contribution in [0.15, 0.2) is 15.9 Å². The fraction of sp³-hybridized carbons (Fsp3) is 0.545. The van der Waals surface area contributed by atoms with Crippen molar-refractivity contribution in [3.05, 3.63) is 27.2 Å². The van der Waals surface area contributed by atoms with Crippen molar-refractivity contribution in [1.29, 1.82) is 0 Å². The first-order valence-corrected chi connectivity index (χ1v) is 7.65. The SMILES string of the molecule is CCn1c(=O)n(CCCCO[P+](=O)O)c(=O)c2[nH]cnc21. The first kappa shape index (κ1) is 15.6. The number of imidazole rings is 1. The van der Waals surface area contributed by atoms with Crippen LogP contribution in [-0.4, -0.2) is 30.6 Å². The summed E-state index contributed by atoms with van der Waals surface area (Å²) in [4.78, 5) is 39.7. The summed E-state index contributed by atoms with van der Waals surface area (Å²) in [7, 11) is -2.61. The largest absolute Gasteiger partial charge is 0.694 e. The molecular weight excluding hydrogens is 299 g/mol. The molecule has 21 heavy (non-hydrogen) atoms. The third-order valence-corrected chi connectivity index (χ3v) is 3.49. The van der Waals surface area contributed by atoms with E-state index in [4.69, 9.17) is 4.89 Å². The molecule has 2 aromatic rings. The Morgan fingerprint density at radius 2 is 2.14 bits per heavy atom. The summed E-state index contributed by atoms with van der Waals surface area (Å²) >= 11 is 0. The van der Waals surface area contributed by atoms with Crippen LogP contribution >= 0.6 is 8.25 Å². The van der Waals surface area contributed by atoms with Gasteiger partial charge in [0.15, 0.2) is 5.65 Å². The highest BCUT2D eigenvalue weighted by Crippen LogP contribution is 2.14. The molecule has 2 rings (SSSR count). The second-order valence-electron chi connectivity index (χ2n) is 4.36. The van der Waals surface area contributed by atoms with E-state index in [0.29, 0.717) is 30.6 Å². The third-order valence-electron chi connectivity index (χ3n) is 3.09. The van der Waals surface area contributed by atoms with Gasteiger partial charge >= 0.3 is 13.9 Å². The molecule has 2 heterocycles. The van der Waals surface area contributed by atoms with Gasteiger partial charge in [0.2, 0.25) is 0 Å². The molecule has 0 radical (unpaired) electrons. The van der Waals surface area contributed by atoms with Gasteiger partial charge in [-0.05, 0) is 19.8 Å². The average Bonchev–Trinajstić information content (AvgIpc) is 2.91. The molecule has 9 nitrogen and oxygen atoms in total. The maximum Gasteiger partial charge on any atom is 0.694 e. The van der Waals surface area contributed by atoms with E-state index in [1.165, 1.54) is 10.9 Å². The second-order valence-corrected chi connectivity index (χ2v) is 5.10. The molecule has 0 bridgehead atoms. The Hall–Kier alpha value is -1.83. The van der Waals surface area contributed by atoms with E-state index >= 15 is 0 Å². The second kappa shape index (κ2) is 6.75. The van der Waals surface area contributed by atoms with E-state index in [0.717, 1.165) is 4.57 Å². The molecular formula is C11H16N4O5P+. The van der Waals surface area contributed by atoms with Crippen LogP contribution in [-0.2, 0) is 22.2 Å². The smallest absolute Gasteiger partial charge is 0.339 e. The monoisotopic (exact) mass is 315 g/mol. The molecule has 0 saturated heterocycles. The van der Waals surface area contributed by atoms with Crippen molar-refractivity contribution >= 4 is 19.4 Å². The van der Waals surface area contributed by atoms with Crippen LogP contribution in [0.2, 0.25) is 0 Å². The molecule has 0 saturated carbocycles. The van der Waals surface area contributed by atoms with Gasteiger partial charge < -0.3 is 4.98 Å². The van der Waals surface area contributed by atoms with E-state index in [1.807, 2.05) is 0 Å². The van der Waals surface area contributed by atoms with E-state index in [1.54, 1.807) is 6.92 Å². The number of aromatic nitrogens is 4. The lowest BCUT2D eigenvalue weighted by Gasteiger charge is -2.08. The van der Waals surface area contributed by atoms with Crippen LogP contribution < -0.4 is 11.2 Å². The Morgan fingerprint density at radius 3 is 2.81 bits per heavy atom. The topological polar surface area (TPSA) is 119 Å². The molecule has 1 unspecified atom stereocenters. The Balaban J connectivity index is 2.21. The minimum absolute atomic E-state index is 0.106. The van der Waals surface area contributed by atoms with Gasteiger partial charge in [-0.25, -0.2) is 9.78 Å². The van der Waals surface area contributed by atoms with Crippen LogP contribution in [0.1, 0.15) is 19.8 Å². The molecule has 1 atom stereocenters. The molecule has 0 aromatic carbocycles. The number of rotatable bonds is 7.